The summed E-state index contributed by atoms with van der Waals surface area (Å²) in [5, 5.41) is 3.59. The maximum absolute atomic E-state index is 11.0. The second-order valence-corrected chi connectivity index (χ2v) is 5.15. The molecule has 0 saturated carbocycles. The number of carbonyl (C=O) groups excluding carboxylic acids is 1. The van der Waals surface area contributed by atoms with E-state index in [1.54, 1.807) is 12.1 Å². The lowest BCUT2D eigenvalue weighted by Crippen LogP contribution is -2.42. The molecule has 1 saturated heterocycles. The van der Waals surface area contributed by atoms with Gasteiger partial charge in [0, 0.05) is 18.2 Å². The van der Waals surface area contributed by atoms with E-state index in [1.165, 1.54) is 31.5 Å². The van der Waals surface area contributed by atoms with Crippen LogP contribution in [-0.2, 0) is 6.54 Å². The van der Waals surface area contributed by atoms with Crippen LogP contribution in [-0.4, -0.2) is 36.5 Å². The fraction of sp³-hybridized carbons (Fsp3) is 0.533. The molecule has 1 heterocycles. The molecule has 104 valence electrons. The van der Waals surface area contributed by atoms with Crippen LogP contribution < -0.4 is 11.1 Å². The molecule has 1 aliphatic heterocycles. The largest absolute Gasteiger partial charge is 0.366 e. The fourth-order valence-corrected chi connectivity index (χ4v) is 2.50. The number of rotatable bonds is 5. The lowest BCUT2D eigenvalue weighted by molar-refractivity contribution is 0.100. The molecule has 0 aromatic heterocycles. The van der Waals surface area contributed by atoms with Gasteiger partial charge in [-0.3, -0.25) is 4.79 Å². The van der Waals surface area contributed by atoms with Gasteiger partial charge in [-0.25, -0.2) is 0 Å². The van der Waals surface area contributed by atoms with Crippen molar-refractivity contribution in [1.29, 1.82) is 0 Å². The van der Waals surface area contributed by atoms with E-state index in [1.807, 2.05) is 12.1 Å². The zero-order chi connectivity index (χ0) is 13.7. The minimum atomic E-state index is -0.369. The maximum Gasteiger partial charge on any atom is 0.248 e. The van der Waals surface area contributed by atoms with Crippen molar-refractivity contribution in [3.05, 3.63) is 35.4 Å². The van der Waals surface area contributed by atoms with E-state index in [0.29, 0.717) is 11.6 Å². The quantitative estimate of drug-likeness (QED) is 0.841. The highest BCUT2D eigenvalue weighted by molar-refractivity contribution is 5.92. The Balaban J connectivity index is 1.78. The number of benzene rings is 1. The SMILES string of the molecule is CCN1CCC(NCc2ccc(C(N)=O)cc2)CC1. The van der Waals surface area contributed by atoms with Crippen LogP contribution in [0.4, 0.5) is 0 Å². The van der Waals surface area contributed by atoms with Gasteiger partial charge >= 0.3 is 0 Å². The molecule has 1 fully saturated rings. The second kappa shape index (κ2) is 6.68. The van der Waals surface area contributed by atoms with Gasteiger partial charge in [-0.15, -0.1) is 0 Å². The topological polar surface area (TPSA) is 58.4 Å². The first kappa shape index (κ1) is 14.0. The van der Waals surface area contributed by atoms with Gasteiger partial charge in [0.05, 0.1) is 0 Å². The highest BCUT2D eigenvalue weighted by Crippen LogP contribution is 2.11. The average Bonchev–Trinajstić information content (AvgIpc) is 2.46. The molecule has 2 rings (SSSR count). The first-order valence-electron chi connectivity index (χ1n) is 7.03. The summed E-state index contributed by atoms with van der Waals surface area (Å²) in [4.78, 5) is 13.5. The number of nitrogens with zero attached hydrogens (tertiary/aromatic N) is 1. The normalized spacial score (nSPS) is 17.5. The van der Waals surface area contributed by atoms with E-state index in [-0.39, 0.29) is 5.91 Å². The number of piperidine rings is 1. The van der Waals surface area contributed by atoms with Crippen LogP contribution in [0.15, 0.2) is 24.3 Å². The van der Waals surface area contributed by atoms with Crippen LogP contribution in [0.1, 0.15) is 35.7 Å². The van der Waals surface area contributed by atoms with Gasteiger partial charge in [-0.2, -0.15) is 0 Å². The number of hydrogen-bond acceptors (Lipinski definition) is 3. The summed E-state index contributed by atoms with van der Waals surface area (Å²) in [6, 6.07) is 8.12. The van der Waals surface area contributed by atoms with Crippen molar-refractivity contribution in [2.24, 2.45) is 5.73 Å². The second-order valence-electron chi connectivity index (χ2n) is 5.15. The van der Waals surface area contributed by atoms with Gasteiger partial charge in [0.15, 0.2) is 0 Å². The number of nitrogens with one attached hydrogen (secondary N) is 1. The Labute approximate surface area is 115 Å². The molecule has 4 heteroatoms. The number of amides is 1. The summed E-state index contributed by atoms with van der Waals surface area (Å²) >= 11 is 0. The number of likely N-dealkylation sites (tertiary alicyclic amines) is 1. The fourth-order valence-electron chi connectivity index (χ4n) is 2.50. The summed E-state index contributed by atoms with van der Waals surface area (Å²) in [7, 11) is 0. The van der Waals surface area contributed by atoms with Crippen molar-refractivity contribution >= 4 is 5.91 Å². The smallest absolute Gasteiger partial charge is 0.248 e. The molecule has 0 radical (unpaired) electrons. The number of hydrogen-bond donors (Lipinski definition) is 2. The summed E-state index contributed by atoms with van der Waals surface area (Å²) in [6.45, 7) is 6.61. The van der Waals surface area contributed by atoms with Gasteiger partial charge < -0.3 is 16.0 Å². The molecule has 0 unspecified atom stereocenters. The van der Waals surface area contributed by atoms with Crippen molar-refractivity contribution in [2.75, 3.05) is 19.6 Å². The van der Waals surface area contributed by atoms with Crippen molar-refractivity contribution in [2.45, 2.75) is 32.4 Å². The Kier molecular flexibility index (Phi) is 4.93. The molecule has 0 bridgehead atoms. The van der Waals surface area contributed by atoms with Gasteiger partial charge in [0.2, 0.25) is 5.91 Å². The Bertz CT molecular complexity index is 408. The van der Waals surface area contributed by atoms with E-state index < -0.39 is 0 Å². The molecule has 3 N–H and O–H groups in total. The number of carbonyl (C=O) groups is 1. The Morgan fingerprint density at radius 3 is 2.47 bits per heavy atom. The van der Waals surface area contributed by atoms with Gasteiger partial charge in [-0.1, -0.05) is 19.1 Å². The monoisotopic (exact) mass is 261 g/mol. The van der Waals surface area contributed by atoms with E-state index in [4.69, 9.17) is 5.73 Å². The minimum Gasteiger partial charge on any atom is -0.366 e. The third-order valence-electron chi connectivity index (χ3n) is 3.87. The Hall–Kier alpha value is -1.39. The van der Waals surface area contributed by atoms with Crippen LogP contribution in [0.3, 0.4) is 0 Å². The lowest BCUT2D eigenvalue weighted by atomic mass is 10.0. The summed E-state index contributed by atoms with van der Waals surface area (Å²) < 4.78 is 0. The van der Waals surface area contributed by atoms with Crippen molar-refractivity contribution in [1.82, 2.24) is 10.2 Å². The number of nitrogens with two attached hydrogens (primary N) is 1. The first-order valence-corrected chi connectivity index (χ1v) is 7.03. The predicted octanol–water partition coefficient (Wildman–Crippen LogP) is 1.36. The third kappa shape index (κ3) is 4.04. The van der Waals surface area contributed by atoms with Crippen molar-refractivity contribution < 1.29 is 4.79 Å². The van der Waals surface area contributed by atoms with E-state index in [9.17, 15) is 4.79 Å². The van der Waals surface area contributed by atoms with Crippen LogP contribution in [0.25, 0.3) is 0 Å². The molecule has 4 nitrogen and oxygen atoms in total. The van der Waals surface area contributed by atoms with Crippen molar-refractivity contribution in [3.8, 4) is 0 Å². The van der Waals surface area contributed by atoms with Gasteiger partial charge in [0.25, 0.3) is 0 Å². The standard InChI is InChI=1S/C15H23N3O/c1-2-18-9-7-14(8-10-18)17-11-12-3-5-13(6-4-12)15(16)19/h3-6,14,17H,2,7-11H2,1H3,(H2,16,19). The van der Waals surface area contributed by atoms with Crippen LogP contribution in [0.5, 0.6) is 0 Å². The molecule has 0 atom stereocenters. The summed E-state index contributed by atoms with van der Waals surface area (Å²) in [6.07, 6.45) is 2.43. The summed E-state index contributed by atoms with van der Waals surface area (Å²) in [5.41, 5.74) is 6.99. The maximum atomic E-state index is 11.0. The molecule has 19 heavy (non-hydrogen) atoms. The third-order valence-corrected chi connectivity index (χ3v) is 3.87. The minimum absolute atomic E-state index is 0.369. The number of primary amides is 1. The van der Waals surface area contributed by atoms with E-state index in [2.05, 4.69) is 17.1 Å². The highest BCUT2D eigenvalue weighted by atomic mass is 16.1. The molecule has 1 aromatic carbocycles. The van der Waals surface area contributed by atoms with Crippen molar-refractivity contribution in [3.63, 3.8) is 0 Å². The van der Waals surface area contributed by atoms with Gasteiger partial charge in [-0.05, 0) is 50.2 Å². The molecule has 1 amide bonds. The molecular formula is C15H23N3O. The molecule has 0 spiro atoms. The van der Waals surface area contributed by atoms with E-state index >= 15 is 0 Å². The van der Waals surface area contributed by atoms with Crippen LogP contribution in [0, 0.1) is 0 Å². The molecular weight excluding hydrogens is 238 g/mol. The molecule has 1 aromatic rings. The molecule has 1 aliphatic rings. The zero-order valence-corrected chi connectivity index (χ0v) is 11.6. The van der Waals surface area contributed by atoms with Gasteiger partial charge in [0.1, 0.15) is 0 Å². The predicted molar refractivity (Wildman–Crippen MR) is 76.9 cm³/mol. The van der Waals surface area contributed by atoms with Crippen LogP contribution in [0.2, 0.25) is 0 Å². The Morgan fingerprint density at radius 2 is 1.95 bits per heavy atom. The van der Waals surface area contributed by atoms with E-state index in [0.717, 1.165) is 13.1 Å². The first-order chi connectivity index (χ1) is 9.19. The molecule has 0 aliphatic carbocycles. The summed E-state index contributed by atoms with van der Waals surface area (Å²) in [5.74, 6) is -0.369. The zero-order valence-electron chi connectivity index (χ0n) is 11.6. The Morgan fingerprint density at radius 1 is 1.32 bits per heavy atom. The average molecular weight is 261 g/mol. The lowest BCUT2D eigenvalue weighted by Gasteiger charge is -2.31. The highest BCUT2D eigenvalue weighted by Gasteiger charge is 2.17. The van der Waals surface area contributed by atoms with Crippen LogP contribution >= 0.6 is 0 Å².